The average molecular weight is 306 g/mol. The second-order valence-corrected chi connectivity index (χ2v) is 4.89. The van der Waals surface area contributed by atoms with Crippen LogP contribution in [0.5, 0.6) is 0 Å². The minimum absolute atomic E-state index is 0.0652. The quantitative estimate of drug-likeness (QED) is 0.720. The zero-order valence-corrected chi connectivity index (χ0v) is 12.3. The van der Waals surface area contributed by atoms with Crippen molar-refractivity contribution in [3.8, 4) is 0 Å². The molecular formula is C15H19FN4O2. The van der Waals surface area contributed by atoms with Crippen LogP contribution in [0.1, 0.15) is 18.5 Å². The molecule has 6 nitrogen and oxygen atoms in total. The third-order valence-corrected chi connectivity index (χ3v) is 3.13. The average Bonchev–Trinajstić information content (AvgIpc) is 2.92. The molecule has 1 heterocycles. The van der Waals surface area contributed by atoms with E-state index in [4.69, 9.17) is 5.11 Å². The van der Waals surface area contributed by atoms with Crippen LogP contribution in [0.4, 0.5) is 10.1 Å². The van der Waals surface area contributed by atoms with Gasteiger partial charge in [0.1, 0.15) is 12.4 Å². The van der Waals surface area contributed by atoms with Gasteiger partial charge in [0.2, 0.25) is 5.91 Å². The van der Waals surface area contributed by atoms with Gasteiger partial charge in [0.15, 0.2) is 0 Å². The van der Waals surface area contributed by atoms with Gasteiger partial charge in [-0.05, 0) is 13.0 Å². The third kappa shape index (κ3) is 4.29. The van der Waals surface area contributed by atoms with Crippen LogP contribution in [0.15, 0.2) is 36.7 Å². The van der Waals surface area contributed by atoms with Gasteiger partial charge in [-0.3, -0.25) is 9.48 Å². The van der Waals surface area contributed by atoms with E-state index in [0.29, 0.717) is 11.3 Å². The Morgan fingerprint density at radius 1 is 1.45 bits per heavy atom. The van der Waals surface area contributed by atoms with E-state index >= 15 is 0 Å². The maximum absolute atomic E-state index is 13.7. The van der Waals surface area contributed by atoms with Gasteiger partial charge in [0.25, 0.3) is 0 Å². The van der Waals surface area contributed by atoms with Crippen molar-refractivity contribution < 1.29 is 14.3 Å². The molecule has 1 atom stereocenters. The van der Waals surface area contributed by atoms with Crippen LogP contribution >= 0.6 is 0 Å². The number of nitrogens with one attached hydrogen (secondary N) is 2. The summed E-state index contributed by atoms with van der Waals surface area (Å²) in [5.74, 6) is -0.496. The molecule has 22 heavy (non-hydrogen) atoms. The molecule has 2 rings (SSSR count). The van der Waals surface area contributed by atoms with Crippen molar-refractivity contribution in [2.45, 2.75) is 19.5 Å². The molecule has 1 amide bonds. The van der Waals surface area contributed by atoms with E-state index in [0.717, 1.165) is 0 Å². The summed E-state index contributed by atoms with van der Waals surface area (Å²) in [5.41, 5.74) is 1.27. The number of benzene rings is 1. The van der Waals surface area contributed by atoms with Crippen LogP contribution in [-0.4, -0.2) is 33.9 Å². The van der Waals surface area contributed by atoms with Crippen molar-refractivity contribution in [3.05, 3.63) is 48.0 Å². The topological polar surface area (TPSA) is 79.2 Å². The Morgan fingerprint density at radius 2 is 2.23 bits per heavy atom. The first kappa shape index (κ1) is 16.0. The second-order valence-electron chi connectivity index (χ2n) is 4.89. The Kier molecular flexibility index (Phi) is 5.48. The van der Waals surface area contributed by atoms with Crippen LogP contribution in [-0.2, 0) is 11.3 Å². The molecule has 0 bridgehead atoms. The van der Waals surface area contributed by atoms with Crippen LogP contribution in [0.3, 0.4) is 0 Å². The monoisotopic (exact) mass is 306 g/mol. The number of nitrogens with zero attached hydrogens (tertiary/aromatic N) is 2. The number of aromatic nitrogens is 2. The lowest BCUT2D eigenvalue weighted by molar-refractivity contribution is -0.122. The van der Waals surface area contributed by atoms with E-state index in [-0.39, 0.29) is 37.5 Å². The molecule has 0 aliphatic rings. The van der Waals surface area contributed by atoms with Gasteiger partial charge in [-0.15, -0.1) is 0 Å². The summed E-state index contributed by atoms with van der Waals surface area (Å²) < 4.78 is 15.2. The Bertz CT molecular complexity index is 630. The standard InChI is InChI=1S/C15H19FN4O2/c1-11(13-4-2-3-5-14(13)16)19-12-8-18-20(9-12)10-15(22)17-6-7-21/h2-5,8-9,11,19,21H,6-7,10H2,1H3,(H,17,22). The Balaban J connectivity index is 1.94. The van der Waals surface area contributed by atoms with Crippen LogP contribution < -0.4 is 10.6 Å². The van der Waals surface area contributed by atoms with Gasteiger partial charge in [0.05, 0.1) is 24.5 Å². The molecule has 0 fully saturated rings. The fraction of sp³-hybridized carbons (Fsp3) is 0.333. The van der Waals surface area contributed by atoms with Crippen molar-refractivity contribution in [1.82, 2.24) is 15.1 Å². The molecular weight excluding hydrogens is 287 g/mol. The molecule has 0 spiro atoms. The SMILES string of the molecule is CC(Nc1cnn(CC(=O)NCCO)c1)c1ccccc1F. The number of carbonyl (C=O) groups is 1. The minimum atomic E-state index is -0.265. The summed E-state index contributed by atoms with van der Waals surface area (Å²) >= 11 is 0. The number of aliphatic hydroxyl groups excluding tert-OH is 1. The van der Waals surface area contributed by atoms with Crippen LogP contribution in [0.2, 0.25) is 0 Å². The van der Waals surface area contributed by atoms with Crippen molar-refractivity contribution in [1.29, 1.82) is 0 Å². The molecule has 0 aliphatic heterocycles. The van der Waals surface area contributed by atoms with Gasteiger partial charge in [0, 0.05) is 18.3 Å². The maximum Gasteiger partial charge on any atom is 0.241 e. The van der Waals surface area contributed by atoms with E-state index in [9.17, 15) is 9.18 Å². The summed E-state index contributed by atoms with van der Waals surface area (Å²) in [6.07, 6.45) is 3.26. The molecule has 0 aliphatic carbocycles. The molecule has 0 radical (unpaired) electrons. The first-order chi connectivity index (χ1) is 10.6. The number of carbonyl (C=O) groups excluding carboxylic acids is 1. The molecule has 0 saturated carbocycles. The predicted molar refractivity (Wildman–Crippen MR) is 80.8 cm³/mol. The molecule has 2 aromatic rings. The molecule has 0 saturated heterocycles. The largest absolute Gasteiger partial charge is 0.395 e. The number of aliphatic hydroxyl groups is 1. The summed E-state index contributed by atoms with van der Waals surface area (Å²) in [7, 11) is 0. The predicted octanol–water partition coefficient (Wildman–Crippen LogP) is 1.30. The summed E-state index contributed by atoms with van der Waals surface area (Å²) in [6, 6.07) is 6.35. The van der Waals surface area contributed by atoms with E-state index in [1.165, 1.54) is 10.7 Å². The van der Waals surface area contributed by atoms with Gasteiger partial charge >= 0.3 is 0 Å². The van der Waals surface area contributed by atoms with Gasteiger partial charge in [-0.25, -0.2) is 4.39 Å². The lowest BCUT2D eigenvalue weighted by atomic mass is 10.1. The van der Waals surface area contributed by atoms with Gasteiger partial charge < -0.3 is 15.7 Å². The summed E-state index contributed by atoms with van der Waals surface area (Å²) in [4.78, 5) is 11.5. The number of halogens is 1. The van der Waals surface area contributed by atoms with Crippen LogP contribution in [0.25, 0.3) is 0 Å². The molecule has 1 unspecified atom stereocenters. The number of anilines is 1. The Morgan fingerprint density at radius 3 is 2.95 bits per heavy atom. The van der Waals surface area contributed by atoms with E-state index in [1.54, 1.807) is 30.6 Å². The molecule has 7 heteroatoms. The summed E-state index contributed by atoms with van der Waals surface area (Å²) in [5, 5.41) is 18.4. The fourth-order valence-corrected chi connectivity index (χ4v) is 2.08. The number of hydrogen-bond acceptors (Lipinski definition) is 4. The van der Waals surface area contributed by atoms with Crippen molar-refractivity contribution in [3.63, 3.8) is 0 Å². The highest BCUT2D eigenvalue weighted by molar-refractivity contribution is 5.75. The minimum Gasteiger partial charge on any atom is -0.395 e. The normalized spacial score (nSPS) is 12.0. The van der Waals surface area contributed by atoms with Crippen molar-refractivity contribution in [2.75, 3.05) is 18.5 Å². The van der Waals surface area contributed by atoms with Crippen molar-refractivity contribution >= 4 is 11.6 Å². The van der Waals surface area contributed by atoms with Gasteiger partial charge in [-0.2, -0.15) is 5.10 Å². The smallest absolute Gasteiger partial charge is 0.241 e. The van der Waals surface area contributed by atoms with E-state index in [2.05, 4.69) is 15.7 Å². The van der Waals surface area contributed by atoms with Crippen LogP contribution in [0, 0.1) is 5.82 Å². The zero-order valence-electron chi connectivity index (χ0n) is 12.3. The Hall–Kier alpha value is -2.41. The Labute approximate surface area is 128 Å². The number of amides is 1. The van der Waals surface area contributed by atoms with E-state index in [1.807, 2.05) is 6.92 Å². The third-order valence-electron chi connectivity index (χ3n) is 3.13. The molecule has 1 aromatic heterocycles. The highest BCUT2D eigenvalue weighted by Gasteiger charge is 2.11. The van der Waals surface area contributed by atoms with E-state index < -0.39 is 0 Å². The molecule has 3 N–H and O–H groups in total. The second kappa shape index (κ2) is 7.56. The van der Waals surface area contributed by atoms with Gasteiger partial charge in [-0.1, -0.05) is 18.2 Å². The number of hydrogen-bond donors (Lipinski definition) is 3. The zero-order chi connectivity index (χ0) is 15.9. The van der Waals surface area contributed by atoms with Crippen molar-refractivity contribution in [2.24, 2.45) is 0 Å². The first-order valence-corrected chi connectivity index (χ1v) is 7.01. The lowest BCUT2D eigenvalue weighted by Gasteiger charge is -2.14. The number of rotatable bonds is 7. The molecule has 118 valence electrons. The maximum atomic E-state index is 13.7. The molecule has 1 aromatic carbocycles. The first-order valence-electron chi connectivity index (χ1n) is 7.01. The lowest BCUT2D eigenvalue weighted by Crippen LogP contribution is -2.30. The fourth-order valence-electron chi connectivity index (χ4n) is 2.08. The summed E-state index contributed by atoms with van der Waals surface area (Å²) in [6.45, 7) is 2.03. The highest BCUT2D eigenvalue weighted by Crippen LogP contribution is 2.20. The highest BCUT2D eigenvalue weighted by atomic mass is 19.1.